The number of ether oxygens (including phenoxy) is 1. The van der Waals surface area contributed by atoms with E-state index in [0.717, 1.165) is 29.0 Å². The fourth-order valence-electron chi connectivity index (χ4n) is 2.58. The maximum Gasteiger partial charge on any atom is 0.262 e. The van der Waals surface area contributed by atoms with Gasteiger partial charge < -0.3 is 10.1 Å². The van der Waals surface area contributed by atoms with Crippen molar-refractivity contribution < 1.29 is 9.53 Å². The molecule has 0 aliphatic heterocycles. The Kier molecular flexibility index (Phi) is 5.66. The third-order valence-corrected chi connectivity index (χ3v) is 4.07. The average Bonchev–Trinajstić information content (AvgIpc) is 2.54. The lowest BCUT2D eigenvalue weighted by Crippen LogP contribution is -2.21. The van der Waals surface area contributed by atoms with Crippen molar-refractivity contribution >= 4 is 11.6 Å². The summed E-state index contributed by atoms with van der Waals surface area (Å²) < 4.78 is 5.68. The Morgan fingerprint density at radius 1 is 1.12 bits per heavy atom. The number of carbonyl (C=O) groups is 1. The highest BCUT2D eigenvalue weighted by molar-refractivity contribution is 5.93. The second-order valence-electron chi connectivity index (χ2n) is 7.08. The van der Waals surface area contributed by atoms with Crippen LogP contribution < -0.4 is 10.1 Å². The molecule has 0 unspecified atom stereocenters. The van der Waals surface area contributed by atoms with E-state index in [4.69, 9.17) is 4.74 Å². The summed E-state index contributed by atoms with van der Waals surface area (Å²) in [6.45, 7) is 10.6. The smallest absolute Gasteiger partial charge is 0.262 e. The van der Waals surface area contributed by atoms with E-state index in [2.05, 4.69) is 39.1 Å². The van der Waals surface area contributed by atoms with Crippen molar-refractivity contribution in [2.45, 2.75) is 46.5 Å². The van der Waals surface area contributed by atoms with Crippen molar-refractivity contribution in [2.24, 2.45) is 0 Å². The zero-order valence-corrected chi connectivity index (χ0v) is 15.3. The number of amides is 1. The van der Waals surface area contributed by atoms with E-state index in [1.54, 1.807) is 0 Å². The Morgan fingerprint density at radius 2 is 1.83 bits per heavy atom. The zero-order valence-electron chi connectivity index (χ0n) is 15.3. The van der Waals surface area contributed by atoms with Crippen molar-refractivity contribution in [2.75, 3.05) is 11.9 Å². The minimum absolute atomic E-state index is 0.00504. The summed E-state index contributed by atoms with van der Waals surface area (Å²) in [6.07, 6.45) is 0.881. The van der Waals surface area contributed by atoms with Gasteiger partial charge in [-0.1, -0.05) is 58.0 Å². The molecule has 0 saturated carbocycles. The van der Waals surface area contributed by atoms with Gasteiger partial charge in [-0.3, -0.25) is 4.79 Å². The van der Waals surface area contributed by atoms with Crippen LogP contribution in [0.2, 0.25) is 0 Å². The van der Waals surface area contributed by atoms with Gasteiger partial charge in [0.2, 0.25) is 0 Å². The lowest BCUT2D eigenvalue weighted by molar-refractivity contribution is -0.118. The number of para-hydroxylation sites is 1. The summed E-state index contributed by atoms with van der Waals surface area (Å²) in [5.74, 6) is 0.582. The topological polar surface area (TPSA) is 38.3 Å². The Morgan fingerprint density at radius 3 is 2.50 bits per heavy atom. The molecule has 0 fully saturated rings. The maximum absolute atomic E-state index is 12.3. The average molecular weight is 325 g/mol. The van der Waals surface area contributed by atoms with Gasteiger partial charge in [0, 0.05) is 5.69 Å². The quantitative estimate of drug-likeness (QED) is 0.851. The van der Waals surface area contributed by atoms with Crippen LogP contribution in [0.1, 0.15) is 44.4 Å². The third kappa shape index (κ3) is 4.60. The predicted molar refractivity (Wildman–Crippen MR) is 99.8 cm³/mol. The van der Waals surface area contributed by atoms with Crippen LogP contribution in [0.3, 0.4) is 0 Å². The van der Waals surface area contributed by atoms with Crippen LogP contribution >= 0.6 is 0 Å². The first kappa shape index (κ1) is 18.1. The molecule has 0 spiro atoms. The summed E-state index contributed by atoms with van der Waals surface area (Å²) in [7, 11) is 0. The molecular weight excluding hydrogens is 298 g/mol. The summed E-state index contributed by atoms with van der Waals surface area (Å²) in [5, 5.41) is 2.98. The number of anilines is 1. The fourth-order valence-corrected chi connectivity index (χ4v) is 2.58. The molecule has 0 saturated heterocycles. The second kappa shape index (κ2) is 7.52. The molecule has 0 heterocycles. The van der Waals surface area contributed by atoms with Crippen LogP contribution in [0.4, 0.5) is 5.69 Å². The van der Waals surface area contributed by atoms with Gasteiger partial charge in [0.15, 0.2) is 6.61 Å². The summed E-state index contributed by atoms with van der Waals surface area (Å²) in [4.78, 5) is 12.3. The molecule has 0 aliphatic rings. The van der Waals surface area contributed by atoms with Gasteiger partial charge in [-0.05, 0) is 47.6 Å². The van der Waals surface area contributed by atoms with Gasteiger partial charge in [0.25, 0.3) is 5.91 Å². The molecule has 1 amide bonds. The summed E-state index contributed by atoms with van der Waals surface area (Å²) in [6, 6.07) is 14.0. The number of nitrogens with one attached hydrogen (secondary N) is 1. The molecule has 0 aliphatic carbocycles. The minimum atomic E-state index is -0.139. The SMILES string of the molecule is CCc1cccc(C)c1NC(=O)COc1cccc(C(C)(C)C)c1. The molecule has 3 heteroatoms. The monoisotopic (exact) mass is 325 g/mol. The summed E-state index contributed by atoms with van der Waals surface area (Å²) >= 11 is 0. The molecule has 0 aromatic heterocycles. The van der Waals surface area contributed by atoms with Gasteiger partial charge in [-0.15, -0.1) is 0 Å². The lowest BCUT2D eigenvalue weighted by Gasteiger charge is -2.19. The molecule has 24 heavy (non-hydrogen) atoms. The molecule has 0 bridgehead atoms. The van der Waals surface area contributed by atoms with Crippen molar-refractivity contribution in [3.8, 4) is 5.75 Å². The first-order valence-electron chi connectivity index (χ1n) is 8.43. The van der Waals surface area contributed by atoms with Gasteiger partial charge in [0.1, 0.15) is 5.75 Å². The van der Waals surface area contributed by atoms with Crippen LogP contribution in [0.5, 0.6) is 5.75 Å². The Hall–Kier alpha value is -2.29. The highest BCUT2D eigenvalue weighted by Crippen LogP contribution is 2.26. The Balaban J connectivity index is 2.02. The summed E-state index contributed by atoms with van der Waals surface area (Å²) in [5.41, 5.74) is 4.35. The van der Waals surface area contributed by atoms with Gasteiger partial charge >= 0.3 is 0 Å². The van der Waals surface area contributed by atoms with E-state index in [0.29, 0.717) is 0 Å². The second-order valence-corrected chi connectivity index (χ2v) is 7.08. The zero-order chi connectivity index (χ0) is 17.7. The molecule has 128 valence electrons. The molecule has 2 aromatic rings. The standard InChI is InChI=1S/C21H27NO2/c1-6-16-10-7-9-15(2)20(16)22-19(23)14-24-18-12-8-11-17(13-18)21(3,4)5/h7-13H,6,14H2,1-5H3,(H,22,23). The van der Waals surface area contributed by atoms with E-state index in [9.17, 15) is 4.79 Å². The fraction of sp³-hybridized carbons (Fsp3) is 0.381. The molecule has 0 atom stereocenters. The highest BCUT2D eigenvalue weighted by atomic mass is 16.5. The third-order valence-electron chi connectivity index (χ3n) is 4.07. The number of carbonyl (C=O) groups excluding carboxylic acids is 1. The van der Waals surface area contributed by atoms with E-state index in [-0.39, 0.29) is 17.9 Å². The number of rotatable bonds is 5. The molecule has 2 aromatic carbocycles. The molecular formula is C21H27NO2. The number of hydrogen-bond acceptors (Lipinski definition) is 2. The van der Waals surface area contributed by atoms with Crippen LogP contribution in [0.15, 0.2) is 42.5 Å². The molecule has 2 rings (SSSR count). The predicted octanol–water partition coefficient (Wildman–Crippen LogP) is 4.87. The van der Waals surface area contributed by atoms with Gasteiger partial charge in [-0.2, -0.15) is 0 Å². The van der Waals surface area contributed by atoms with Crippen molar-refractivity contribution in [3.63, 3.8) is 0 Å². The van der Waals surface area contributed by atoms with Crippen molar-refractivity contribution in [3.05, 3.63) is 59.2 Å². The molecule has 3 nitrogen and oxygen atoms in total. The maximum atomic E-state index is 12.3. The molecule has 1 N–H and O–H groups in total. The first-order chi connectivity index (χ1) is 11.3. The lowest BCUT2D eigenvalue weighted by atomic mass is 9.87. The van der Waals surface area contributed by atoms with Gasteiger partial charge in [-0.25, -0.2) is 0 Å². The number of hydrogen-bond donors (Lipinski definition) is 1. The largest absolute Gasteiger partial charge is 0.484 e. The van der Waals surface area contributed by atoms with E-state index in [1.165, 1.54) is 5.56 Å². The van der Waals surface area contributed by atoms with Crippen LogP contribution in [0, 0.1) is 6.92 Å². The van der Waals surface area contributed by atoms with Crippen molar-refractivity contribution in [1.82, 2.24) is 0 Å². The van der Waals surface area contributed by atoms with Crippen LogP contribution in [-0.2, 0) is 16.6 Å². The highest BCUT2D eigenvalue weighted by Gasteiger charge is 2.14. The van der Waals surface area contributed by atoms with Crippen LogP contribution in [0.25, 0.3) is 0 Å². The van der Waals surface area contributed by atoms with Crippen LogP contribution in [-0.4, -0.2) is 12.5 Å². The minimum Gasteiger partial charge on any atom is -0.484 e. The number of aryl methyl sites for hydroxylation is 2. The van der Waals surface area contributed by atoms with E-state index < -0.39 is 0 Å². The normalized spacial score (nSPS) is 11.2. The van der Waals surface area contributed by atoms with Crippen molar-refractivity contribution in [1.29, 1.82) is 0 Å². The van der Waals surface area contributed by atoms with E-state index >= 15 is 0 Å². The van der Waals surface area contributed by atoms with Gasteiger partial charge in [0.05, 0.1) is 0 Å². The van der Waals surface area contributed by atoms with E-state index in [1.807, 2.05) is 43.3 Å². The number of benzene rings is 2. The Labute approximate surface area is 145 Å². The Bertz CT molecular complexity index is 714. The first-order valence-corrected chi connectivity index (χ1v) is 8.43. The molecule has 0 radical (unpaired) electrons.